The Morgan fingerprint density at radius 3 is 2.94 bits per heavy atom. The fourth-order valence-electron chi connectivity index (χ4n) is 2.24. The van der Waals surface area contributed by atoms with Crippen molar-refractivity contribution in [3.8, 4) is 0 Å². The topological polar surface area (TPSA) is 32.3 Å². The Morgan fingerprint density at radius 2 is 2.19 bits per heavy atom. The molecule has 1 aromatic rings. The Labute approximate surface area is 96.5 Å². The molecule has 0 aliphatic carbocycles. The van der Waals surface area contributed by atoms with Crippen LogP contribution in [-0.4, -0.2) is 26.0 Å². The number of rotatable bonds is 3. The maximum atomic E-state index is 12.0. The van der Waals surface area contributed by atoms with Crippen LogP contribution in [0.5, 0.6) is 0 Å². The summed E-state index contributed by atoms with van der Waals surface area (Å²) in [7, 11) is 1.91. The first kappa shape index (κ1) is 11.1. The van der Waals surface area contributed by atoms with Crippen LogP contribution in [0.1, 0.15) is 24.8 Å². The number of hydrogen-bond acceptors (Lipinski definition) is 2. The summed E-state index contributed by atoms with van der Waals surface area (Å²) >= 11 is 0. The molecular formula is C13H18N2O. The van der Waals surface area contributed by atoms with Gasteiger partial charge < -0.3 is 10.2 Å². The smallest absolute Gasteiger partial charge is 0.227 e. The molecule has 0 saturated heterocycles. The number of carbonyl (C=O) groups is 1. The van der Waals surface area contributed by atoms with E-state index >= 15 is 0 Å². The Balaban J connectivity index is 2.31. The molecule has 1 atom stereocenters. The van der Waals surface area contributed by atoms with Gasteiger partial charge in [-0.25, -0.2) is 0 Å². The van der Waals surface area contributed by atoms with Crippen molar-refractivity contribution in [2.24, 2.45) is 0 Å². The van der Waals surface area contributed by atoms with Crippen LogP contribution in [0.3, 0.4) is 0 Å². The van der Waals surface area contributed by atoms with E-state index in [0.717, 1.165) is 18.8 Å². The normalized spacial score (nSPS) is 19.8. The summed E-state index contributed by atoms with van der Waals surface area (Å²) in [6.45, 7) is 3.69. The number of carbonyl (C=O) groups excluding carboxylic acids is 1. The van der Waals surface area contributed by atoms with Crippen LogP contribution in [0, 0.1) is 0 Å². The van der Waals surface area contributed by atoms with Gasteiger partial charge in [0.05, 0.1) is 0 Å². The van der Waals surface area contributed by atoms with Gasteiger partial charge in [0.15, 0.2) is 0 Å². The predicted octanol–water partition coefficient (Wildman–Crippen LogP) is 1.75. The van der Waals surface area contributed by atoms with Crippen molar-refractivity contribution in [3.63, 3.8) is 0 Å². The summed E-state index contributed by atoms with van der Waals surface area (Å²) in [6.07, 6.45) is 0.626. The maximum Gasteiger partial charge on any atom is 0.227 e. The standard InChI is InChI=1S/C13H18N2O/c1-10-9-13(16)15(8-7-14-2)12-6-4-3-5-11(10)12/h3-6,10,14H,7-9H2,1-2H3. The summed E-state index contributed by atoms with van der Waals surface area (Å²) in [5.74, 6) is 0.580. The van der Waals surface area contributed by atoms with Gasteiger partial charge >= 0.3 is 0 Å². The maximum absolute atomic E-state index is 12.0. The minimum atomic E-state index is 0.237. The molecule has 0 spiro atoms. The molecule has 86 valence electrons. The third kappa shape index (κ3) is 1.95. The molecule has 1 aromatic carbocycles. The second-order valence-corrected chi connectivity index (χ2v) is 4.31. The molecule has 16 heavy (non-hydrogen) atoms. The van der Waals surface area contributed by atoms with E-state index in [1.54, 1.807) is 0 Å². The molecule has 2 rings (SSSR count). The van der Waals surface area contributed by atoms with Crippen LogP contribution in [-0.2, 0) is 4.79 Å². The number of benzene rings is 1. The lowest BCUT2D eigenvalue weighted by atomic mass is 9.91. The molecule has 1 unspecified atom stereocenters. The second kappa shape index (κ2) is 4.66. The molecule has 0 aromatic heterocycles. The zero-order valence-corrected chi connectivity index (χ0v) is 9.86. The van der Waals surface area contributed by atoms with Crippen molar-refractivity contribution in [3.05, 3.63) is 29.8 Å². The highest BCUT2D eigenvalue weighted by molar-refractivity contribution is 5.97. The summed E-state index contributed by atoms with van der Waals surface area (Å²) < 4.78 is 0. The number of likely N-dealkylation sites (N-methyl/N-ethyl adjacent to an activating group) is 1. The lowest BCUT2D eigenvalue weighted by Crippen LogP contribution is -2.40. The monoisotopic (exact) mass is 218 g/mol. The Bertz CT molecular complexity index is 389. The highest BCUT2D eigenvalue weighted by atomic mass is 16.2. The summed E-state index contributed by atoms with van der Waals surface area (Å²) in [4.78, 5) is 13.9. The van der Waals surface area contributed by atoms with Crippen LogP contribution in [0.25, 0.3) is 0 Å². The van der Waals surface area contributed by atoms with Gasteiger partial charge in [0.2, 0.25) is 5.91 Å². The molecule has 3 heteroatoms. The quantitative estimate of drug-likeness (QED) is 0.838. The van der Waals surface area contributed by atoms with E-state index in [9.17, 15) is 4.79 Å². The van der Waals surface area contributed by atoms with Gasteiger partial charge in [0.25, 0.3) is 0 Å². The number of hydrogen-bond donors (Lipinski definition) is 1. The highest BCUT2D eigenvalue weighted by Crippen LogP contribution is 2.34. The van der Waals surface area contributed by atoms with Crippen LogP contribution >= 0.6 is 0 Å². The third-order valence-electron chi connectivity index (χ3n) is 3.13. The van der Waals surface area contributed by atoms with Gasteiger partial charge in [-0.3, -0.25) is 4.79 Å². The van der Waals surface area contributed by atoms with E-state index in [-0.39, 0.29) is 5.91 Å². The minimum absolute atomic E-state index is 0.237. The van der Waals surface area contributed by atoms with Crippen LogP contribution < -0.4 is 10.2 Å². The lowest BCUT2D eigenvalue weighted by molar-refractivity contribution is -0.119. The van der Waals surface area contributed by atoms with E-state index in [1.165, 1.54) is 5.56 Å². The zero-order valence-electron chi connectivity index (χ0n) is 9.86. The number of para-hydroxylation sites is 1. The van der Waals surface area contributed by atoms with Crippen LogP contribution in [0.4, 0.5) is 5.69 Å². The average Bonchev–Trinajstić information content (AvgIpc) is 2.29. The Morgan fingerprint density at radius 1 is 1.44 bits per heavy atom. The van der Waals surface area contributed by atoms with Gasteiger partial charge in [-0.2, -0.15) is 0 Å². The molecule has 1 aliphatic rings. The first-order valence-corrected chi connectivity index (χ1v) is 5.78. The summed E-state index contributed by atoms with van der Waals surface area (Å²) in [5, 5.41) is 3.08. The van der Waals surface area contributed by atoms with Gasteiger partial charge in [0, 0.05) is 25.2 Å². The number of nitrogens with zero attached hydrogens (tertiary/aromatic N) is 1. The Hall–Kier alpha value is -1.35. The molecule has 0 radical (unpaired) electrons. The van der Waals surface area contributed by atoms with E-state index in [1.807, 2.05) is 30.1 Å². The van der Waals surface area contributed by atoms with Crippen molar-refractivity contribution >= 4 is 11.6 Å². The predicted molar refractivity (Wildman–Crippen MR) is 65.8 cm³/mol. The fraction of sp³-hybridized carbons (Fsp3) is 0.462. The molecule has 1 heterocycles. The van der Waals surface area contributed by atoms with E-state index in [4.69, 9.17) is 0 Å². The van der Waals surface area contributed by atoms with Crippen molar-refractivity contribution in [1.29, 1.82) is 0 Å². The number of nitrogens with one attached hydrogen (secondary N) is 1. The Kier molecular flexibility index (Phi) is 3.25. The van der Waals surface area contributed by atoms with E-state index < -0.39 is 0 Å². The molecule has 3 nitrogen and oxygen atoms in total. The van der Waals surface area contributed by atoms with Gasteiger partial charge in [-0.15, -0.1) is 0 Å². The van der Waals surface area contributed by atoms with E-state index in [2.05, 4.69) is 18.3 Å². The molecule has 1 aliphatic heterocycles. The highest BCUT2D eigenvalue weighted by Gasteiger charge is 2.27. The fourth-order valence-corrected chi connectivity index (χ4v) is 2.24. The third-order valence-corrected chi connectivity index (χ3v) is 3.13. The molecule has 1 N–H and O–H groups in total. The molecular weight excluding hydrogens is 200 g/mol. The van der Waals surface area contributed by atoms with Crippen molar-refractivity contribution in [2.75, 3.05) is 25.0 Å². The zero-order chi connectivity index (χ0) is 11.5. The lowest BCUT2D eigenvalue weighted by Gasteiger charge is -2.32. The molecule has 0 fully saturated rings. The second-order valence-electron chi connectivity index (χ2n) is 4.31. The summed E-state index contributed by atoms with van der Waals surface area (Å²) in [5.41, 5.74) is 2.37. The van der Waals surface area contributed by atoms with E-state index in [0.29, 0.717) is 12.3 Å². The van der Waals surface area contributed by atoms with Crippen molar-refractivity contribution in [2.45, 2.75) is 19.3 Å². The van der Waals surface area contributed by atoms with Gasteiger partial charge in [-0.05, 0) is 24.6 Å². The SMILES string of the molecule is CNCCN1C(=O)CC(C)c2ccccc21. The van der Waals surface area contributed by atoms with Crippen molar-refractivity contribution in [1.82, 2.24) is 5.32 Å². The summed E-state index contributed by atoms with van der Waals surface area (Å²) in [6, 6.07) is 8.20. The largest absolute Gasteiger partial charge is 0.318 e. The molecule has 0 bridgehead atoms. The van der Waals surface area contributed by atoms with Crippen molar-refractivity contribution < 1.29 is 4.79 Å². The molecule has 1 amide bonds. The average molecular weight is 218 g/mol. The van der Waals surface area contributed by atoms with Gasteiger partial charge in [-0.1, -0.05) is 25.1 Å². The van der Waals surface area contributed by atoms with Crippen LogP contribution in [0.2, 0.25) is 0 Å². The van der Waals surface area contributed by atoms with Crippen LogP contribution in [0.15, 0.2) is 24.3 Å². The number of amides is 1. The first-order chi connectivity index (χ1) is 7.74. The van der Waals surface area contributed by atoms with Gasteiger partial charge in [0.1, 0.15) is 0 Å². The number of fused-ring (bicyclic) bond motifs is 1. The molecule has 0 saturated carbocycles. The number of anilines is 1. The minimum Gasteiger partial charge on any atom is -0.318 e. The first-order valence-electron chi connectivity index (χ1n) is 5.78.